The third-order valence-corrected chi connectivity index (χ3v) is 6.52. The van der Waals surface area contributed by atoms with Gasteiger partial charge in [-0.3, -0.25) is 18.4 Å². The molecule has 0 radical (unpaired) electrons. The molecule has 0 saturated carbocycles. The fraction of sp³-hybridized carbons (Fsp3) is 0.310. The van der Waals surface area contributed by atoms with E-state index in [4.69, 9.17) is 0 Å². The number of carbonyl (C=O) groups excluding carboxylic acids is 2. The van der Waals surface area contributed by atoms with Crippen molar-refractivity contribution < 1.29 is 35.9 Å². The summed E-state index contributed by atoms with van der Waals surface area (Å²) in [5, 5.41) is 8.12. The van der Waals surface area contributed by atoms with Crippen LogP contribution in [-0.2, 0) is 16.0 Å². The molecule has 2 amide bonds. The highest BCUT2D eigenvalue weighted by Gasteiger charge is 2.20. The quantitative estimate of drug-likeness (QED) is 0.133. The average Bonchev–Trinajstić information content (AvgIpc) is 2.91. The summed E-state index contributed by atoms with van der Waals surface area (Å²) in [6, 6.07) is 10.5. The molecule has 0 heterocycles. The van der Waals surface area contributed by atoms with Crippen LogP contribution in [0.1, 0.15) is 30.0 Å². The smallest absolute Gasteiger partial charge is 0.241 e. The number of hydrogen-bond acceptors (Lipinski definition) is 5. The average molecular weight is 613 g/mol. The first-order valence-corrected chi connectivity index (χ1v) is 13.4. The summed E-state index contributed by atoms with van der Waals surface area (Å²) in [5.74, 6) is -4.40. The van der Waals surface area contributed by atoms with Crippen LogP contribution in [0.5, 0.6) is 0 Å². The topological polar surface area (TPSA) is 73.5 Å². The van der Waals surface area contributed by atoms with Crippen molar-refractivity contribution in [2.75, 3.05) is 36.1 Å². The van der Waals surface area contributed by atoms with Crippen molar-refractivity contribution in [2.24, 2.45) is 0 Å². The van der Waals surface area contributed by atoms with Gasteiger partial charge in [-0.15, -0.1) is 0 Å². The lowest BCUT2D eigenvalue weighted by Gasteiger charge is -2.24. The van der Waals surface area contributed by atoms with E-state index in [-0.39, 0.29) is 43.5 Å². The van der Waals surface area contributed by atoms with Gasteiger partial charge in [0.15, 0.2) is 0 Å². The number of amides is 2. The van der Waals surface area contributed by atoms with Crippen LogP contribution in [0, 0.1) is 23.3 Å². The minimum atomic E-state index is -0.979. The number of carbonyl (C=O) groups is 2. The number of nitrogens with zero attached hydrogens (tertiary/aromatic N) is 1. The van der Waals surface area contributed by atoms with E-state index in [1.165, 1.54) is 4.31 Å². The molecule has 3 aromatic rings. The van der Waals surface area contributed by atoms with E-state index in [2.05, 4.69) is 28.8 Å². The summed E-state index contributed by atoms with van der Waals surface area (Å²) in [7, 11) is 0. The van der Waals surface area contributed by atoms with Crippen molar-refractivity contribution in [3.05, 3.63) is 95.1 Å². The lowest BCUT2D eigenvalue weighted by atomic mass is 10.0. The van der Waals surface area contributed by atoms with Gasteiger partial charge in [-0.2, -0.15) is 0 Å². The zero-order chi connectivity index (χ0) is 30.6. The fourth-order valence-electron chi connectivity index (χ4n) is 4.34. The number of anilines is 2. The van der Waals surface area contributed by atoms with E-state index in [1.54, 1.807) is 24.3 Å². The van der Waals surface area contributed by atoms with Gasteiger partial charge in [-0.05, 0) is 60.4 Å². The zero-order valence-corrected chi connectivity index (χ0v) is 23.3. The molecule has 6 nitrogen and oxygen atoms in total. The molecule has 0 saturated heterocycles. The van der Waals surface area contributed by atoms with Crippen molar-refractivity contribution in [3.8, 4) is 0 Å². The molecule has 2 atom stereocenters. The number of alkyl halides is 2. The maximum absolute atomic E-state index is 13.7. The number of rotatable bonds is 15. The van der Waals surface area contributed by atoms with Gasteiger partial charge >= 0.3 is 0 Å². The largest absolute Gasteiger partial charge is 0.374 e. The highest BCUT2D eigenvalue weighted by atomic mass is 32.1. The predicted octanol–water partition coefficient (Wildman–Crippen LogP) is 5.61. The second-order valence-corrected chi connectivity index (χ2v) is 9.94. The summed E-state index contributed by atoms with van der Waals surface area (Å²) in [5.41, 5.74) is 1.16. The van der Waals surface area contributed by atoms with E-state index in [1.807, 2.05) is 0 Å². The number of thiol groups is 1. The third-order valence-electron chi connectivity index (χ3n) is 6.16. The predicted molar refractivity (Wildman–Crippen MR) is 152 cm³/mol. The van der Waals surface area contributed by atoms with E-state index in [9.17, 15) is 35.9 Å². The Hall–Kier alpha value is -3.87. The van der Waals surface area contributed by atoms with Crippen LogP contribution < -0.4 is 20.3 Å². The van der Waals surface area contributed by atoms with Gasteiger partial charge in [-0.1, -0.05) is 24.9 Å². The summed E-state index contributed by atoms with van der Waals surface area (Å²) >= 11 is 4.36. The van der Waals surface area contributed by atoms with Gasteiger partial charge in [0.2, 0.25) is 11.8 Å². The van der Waals surface area contributed by atoms with Crippen molar-refractivity contribution in [2.45, 2.75) is 31.3 Å². The van der Waals surface area contributed by atoms with Crippen LogP contribution in [0.25, 0.3) is 0 Å². The van der Waals surface area contributed by atoms with E-state index < -0.39 is 60.5 Å². The number of benzene rings is 3. The Labute approximate surface area is 245 Å². The van der Waals surface area contributed by atoms with Crippen LogP contribution in [0.4, 0.5) is 37.7 Å². The third kappa shape index (κ3) is 10.2. The van der Waals surface area contributed by atoms with Gasteiger partial charge in [0.05, 0.1) is 37.3 Å². The Morgan fingerprint density at radius 2 is 1.38 bits per heavy atom. The molecule has 0 fully saturated rings. The van der Waals surface area contributed by atoms with Gasteiger partial charge in [-0.25, -0.2) is 17.6 Å². The molecular weight excluding hydrogens is 582 g/mol. The highest BCUT2D eigenvalue weighted by molar-refractivity contribution is 7.81. The molecule has 0 aliphatic heterocycles. The summed E-state index contributed by atoms with van der Waals surface area (Å²) in [6.07, 6.45) is -0.246. The van der Waals surface area contributed by atoms with Gasteiger partial charge in [0.25, 0.3) is 0 Å². The maximum atomic E-state index is 13.7. The van der Waals surface area contributed by atoms with Crippen LogP contribution in [-0.4, -0.2) is 44.3 Å². The Bertz CT molecular complexity index is 1320. The van der Waals surface area contributed by atoms with Crippen LogP contribution in [0.15, 0.2) is 60.7 Å². The number of nitrogens with one attached hydrogen (secondary N) is 3. The molecule has 3 rings (SSSR count). The first kappa shape index (κ1) is 32.6. The molecule has 3 aromatic carbocycles. The first-order chi connectivity index (χ1) is 20.1. The highest BCUT2D eigenvalue weighted by Crippen LogP contribution is 2.27. The van der Waals surface area contributed by atoms with Crippen LogP contribution >= 0.6 is 12.8 Å². The van der Waals surface area contributed by atoms with E-state index in [0.29, 0.717) is 17.4 Å². The van der Waals surface area contributed by atoms with Gasteiger partial charge in [0.1, 0.15) is 29.8 Å². The Morgan fingerprint density at radius 1 is 0.786 bits per heavy atom. The second-order valence-electron chi connectivity index (χ2n) is 9.45. The van der Waals surface area contributed by atoms with Crippen molar-refractivity contribution in [1.29, 1.82) is 0 Å². The molecule has 3 N–H and O–H groups in total. The normalized spacial score (nSPS) is 12.4. The Morgan fingerprint density at radius 3 is 2.00 bits per heavy atom. The maximum Gasteiger partial charge on any atom is 0.241 e. The van der Waals surface area contributed by atoms with Gasteiger partial charge < -0.3 is 20.3 Å². The van der Waals surface area contributed by atoms with Crippen molar-refractivity contribution >= 4 is 36.0 Å². The first-order valence-electron chi connectivity index (χ1n) is 13.0. The van der Waals surface area contributed by atoms with Crippen molar-refractivity contribution in [3.63, 3.8) is 0 Å². The summed E-state index contributed by atoms with van der Waals surface area (Å²) < 4.78 is 81.9. The van der Waals surface area contributed by atoms with Gasteiger partial charge in [0, 0.05) is 24.6 Å². The van der Waals surface area contributed by atoms with E-state index in [0.717, 1.165) is 30.3 Å². The molecular formula is C29H30F6N4O2S. The molecule has 13 heteroatoms. The lowest BCUT2D eigenvalue weighted by Crippen LogP contribution is -2.40. The molecule has 42 heavy (non-hydrogen) atoms. The molecule has 0 aliphatic carbocycles. The second kappa shape index (κ2) is 15.9. The SMILES string of the molecule is O=C(CN(S)c1ccccc1NCC(=O)N[C@H](CCF)Cc1cc(F)cc(F)c1)NC(CCF)c1cc(F)cc(F)c1. The minimum Gasteiger partial charge on any atom is -0.374 e. The zero-order valence-electron chi connectivity index (χ0n) is 22.4. The molecule has 226 valence electrons. The minimum absolute atomic E-state index is 0.0200. The standard InChI is InChI=1S/C29H30F6N4O2S/c30-7-5-24(11-18-9-20(32)14-21(33)10-18)37-28(40)16-36-26-3-1-2-4-27(26)39(42)17-29(41)38-25(6-8-31)19-12-22(34)15-23(35)13-19/h1-4,9-10,12-15,24-25,36,42H,5-8,11,16-17H2,(H,37,40)(H,38,41)/t24-,25?/m1/s1. The Kier molecular flexibility index (Phi) is 12.4. The number of halogens is 6. The molecule has 0 aromatic heterocycles. The summed E-state index contributed by atoms with van der Waals surface area (Å²) in [6.45, 7) is -2.18. The molecule has 0 bridgehead atoms. The monoisotopic (exact) mass is 612 g/mol. The van der Waals surface area contributed by atoms with E-state index >= 15 is 0 Å². The molecule has 0 spiro atoms. The molecule has 1 unspecified atom stereocenters. The number of para-hydroxylation sites is 2. The fourth-order valence-corrected chi connectivity index (χ4v) is 4.64. The molecule has 0 aliphatic rings. The lowest BCUT2D eigenvalue weighted by molar-refractivity contribution is -0.121. The summed E-state index contributed by atoms with van der Waals surface area (Å²) in [4.78, 5) is 25.4. The van der Waals surface area contributed by atoms with Crippen LogP contribution in [0.3, 0.4) is 0 Å². The van der Waals surface area contributed by atoms with Crippen molar-refractivity contribution in [1.82, 2.24) is 10.6 Å². The Balaban J connectivity index is 1.60. The van der Waals surface area contributed by atoms with Crippen LogP contribution in [0.2, 0.25) is 0 Å². The number of hydrogen-bond donors (Lipinski definition) is 4.